The number of fused-ring (bicyclic) bond motifs is 1. The van der Waals surface area contributed by atoms with Gasteiger partial charge in [0, 0.05) is 0 Å². The molecule has 1 heterocycles. The highest BCUT2D eigenvalue weighted by Crippen LogP contribution is 2.36. The lowest BCUT2D eigenvalue weighted by Crippen LogP contribution is -2.44. The molecule has 1 amide bonds. The number of carbonyl (C=O) groups excluding carboxylic acids is 2. The number of unbranched alkanes of at least 4 members (excludes halogenated alkanes) is 10. The fraction of sp³-hybridized carbons (Fsp3) is 0.600. The predicted octanol–water partition coefficient (Wildman–Crippen LogP) is 7.96. The molecule has 1 aliphatic heterocycles. The van der Waals surface area contributed by atoms with Crippen LogP contribution >= 0.6 is 0 Å². The molecule has 0 aromatic heterocycles. The summed E-state index contributed by atoms with van der Waals surface area (Å²) in [5.41, 5.74) is 1.00. The van der Waals surface area contributed by atoms with Gasteiger partial charge < -0.3 is 9.47 Å². The van der Waals surface area contributed by atoms with Crippen LogP contribution in [0.4, 0.5) is 4.79 Å². The smallest absolute Gasteiger partial charge is 0.411 e. The first-order chi connectivity index (χ1) is 17.1. The molecule has 0 saturated carbocycles. The molecular weight excluding hydrogens is 438 g/mol. The van der Waals surface area contributed by atoms with E-state index in [1.807, 2.05) is 31.2 Å². The Kier molecular flexibility index (Phi) is 10.9. The van der Waals surface area contributed by atoms with Crippen LogP contribution in [0.5, 0.6) is 0 Å². The zero-order valence-electron chi connectivity index (χ0n) is 21.8. The number of rotatable bonds is 15. The van der Waals surface area contributed by atoms with Crippen molar-refractivity contribution < 1.29 is 19.1 Å². The van der Waals surface area contributed by atoms with Gasteiger partial charge in [-0.3, -0.25) is 4.90 Å². The fourth-order valence-electron chi connectivity index (χ4n) is 5.32. The molecule has 3 unspecified atom stereocenters. The second kappa shape index (κ2) is 14.1. The van der Waals surface area contributed by atoms with E-state index in [1.54, 1.807) is 4.90 Å². The Hall–Kier alpha value is -2.56. The van der Waals surface area contributed by atoms with Crippen LogP contribution in [0.1, 0.15) is 103 Å². The Morgan fingerprint density at radius 2 is 1.51 bits per heavy atom. The molecule has 3 atom stereocenters. The van der Waals surface area contributed by atoms with Gasteiger partial charge in [0.05, 0.1) is 13.2 Å². The van der Waals surface area contributed by atoms with E-state index in [-0.39, 0.29) is 6.04 Å². The molecule has 3 rings (SSSR count). The Morgan fingerprint density at radius 1 is 0.914 bits per heavy atom. The zero-order valence-corrected chi connectivity index (χ0v) is 21.8. The predicted molar refractivity (Wildman–Crippen MR) is 141 cm³/mol. The summed E-state index contributed by atoms with van der Waals surface area (Å²) in [6, 6.07) is 13.2. The molecule has 2 aromatic rings. The van der Waals surface area contributed by atoms with Gasteiger partial charge in [0.25, 0.3) is 0 Å². The van der Waals surface area contributed by atoms with Gasteiger partial charge in [0.15, 0.2) is 6.04 Å². The summed E-state index contributed by atoms with van der Waals surface area (Å²) in [6.45, 7) is 4.21. The van der Waals surface area contributed by atoms with Crippen LogP contribution in [0, 0.1) is 0 Å². The van der Waals surface area contributed by atoms with Crippen LogP contribution in [-0.4, -0.2) is 36.2 Å². The van der Waals surface area contributed by atoms with Crippen LogP contribution in [-0.2, 0) is 14.3 Å². The monoisotopic (exact) mass is 481 g/mol. The summed E-state index contributed by atoms with van der Waals surface area (Å²) in [5, 5.41) is 2.18. The van der Waals surface area contributed by atoms with Crippen LogP contribution in [0.25, 0.3) is 10.8 Å². The van der Waals surface area contributed by atoms with E-state index in [2.05, 4.69) is 25.1 Å². The molecular formula is C30H43NO4. The van der Waals surface area contributed by atoms with Gasteiger partial charge in [-0.15, -0.1) is 0 Å². The maximum absolute atomic E-state index is 13.0. The largest absolute Gasteiger partial charge is 0.467 e. The van der Waals surface area contributed by atoms with E-state index in [1.165, 1.54) is 64.9 Å². The van der Waals surface area contributed by atoms with Crippen molar-refractivity contribution >= 4 is 22.8 Å². The Labute approximate surface area is 211 Å². The third kappa shape index (κ3) is 7.22. The topological polar surface area (TPSA) is 55.8 Å². The van der Waals surface area contributed by atoms with E-state index >= 15 is 0 Å². The maximum Gasteiger partial charge on any atom is 0.411 e. The lowest BCUT2D eigenvalue weighted by Gasteiger charge is -2.29. The zero-order chi connectivity index (χ0) is 25.0. The number of hydrogen-bond donors (Lipinski definition) is 0. The van der Waals surface area contributed by atoms with E-state index < -0.39 is 24.2 Å². The Balaban J connectivity index is 1.54. The third-order valence-corrected chi connectivity index (χ3v) is 7.34. The molecule has 35 heavy (non-hydrogen) atoms. The van der Waals surface area contributed by atoms with Gasteiger partial charge in [-0.25, -0.2) is 9.59 Å². The number of ether oxygens (including phenoxy) is 2. The van der Waals surface area contributed by atoms with Gasteiger partial charge in [0.1, 0.15) is 6.10 Å². The first-order valence-electron chi connectivity index (χ1n) is 13.6. The average molecular weight is 482 g/mol. The molecule has 0 spiro atoms. The van der Waals surface area contributed by atoms with E-state index in [4.69, 9.17) is 9.47 Å². The normalized spacial score (nSPS) is 18.6. The summed E-state index contributed by atoms with van der Waals surface area (Å²) in [5.74, 6) is -0.406. The minimum atomic E-state index is -0.718. The second-order valence-corrected chi connectivity index (χ2v) is 9.87. The lowest BCUT2D eigenvalue weighted by molar-refractivity contribution is -0.147. The number of carbonyl (C=O) groups is 2. The summed E-state index contributed by atoms with van der Waals surface area (Å²) >= 11 is 0. The third-order valence-electron chi connectivity index (χ3n) is 7.34. The number of cyclic esters (lactones) is 1. The highest BCUT2D eigenvalue weighted by molar-refractivity contribution is 5.88. The van der Waals surface area contributed by atoms with Crippen molar-refractivity contribution in [1.82, 2.24) is 4.90 Å². The van der Waals surface area contributed by atoms with Crippen molar-refractivity contribution in [2.75, 3.05) is 7.11 Å². The number of methoxy groups -OCH3 is 1. The van der Waals surface area contributed by atoms with Crippen LogP contribution in [0.15, 0.2) is 42.5 Å². The minimum Gasteiger partial charge on any atom is -0.467 e. The van der Waals surface area contributed by atoms with Crippen molar-refractivity contribution in [2.24, 2.45) is 0 Å². The average Bonchev–Trinajstić information content (AvgIpc) is 3.21. The van der Waals surface area contributed by atoms with E-state index in [9.17, 15) is 9.59 Å². The highest BCUT2D eigenvalue weighted by atomic mass is 16.6. The molecule has 0 aliphatic carbocycles. The van der Waals surface area contributed by atoms with Crippen molar-refractivity contribution in [3.05, 3.63) is 48.0 Å². The molecule has 0 bridgehead atoms. The minimum absolute atomic E-state index is 0.306. The molecule has 1 aliphatic rings. The summed E-state index contributed by atoms with van der Waals surface area (Å²) in [7, 11) is 1.38. The fourth-order valence-corrected chi connectivity index (χ4v) is 5.32. The van der Waals surface area contributed by atoms with Crippen molar-refractivity contribution in [3.63, 3.8) is 0 Å². The molecule has 192 valence electrons. The van der Waals surface area contributed by atoms with Gasteiger partial charge in [-0.05, 0) is 36.1 Å². The summed E-state index contributed by atoms with van der Waals surface area (Å²) in [4.78, 5) is 27.3. The number of amides is 1. The molecule has 0 N–H and O–H groups in total. The lowest BCUT2D eigenvalue weighted by atomic mass is 9.96. The molecule has 1 fully saturated rings. The highest BCUT2D eigenvalue weighted by Gasteiger charge is 2.49. The number of esters is 1. The first-order valence-corrected chi connectivity index (χ1v) is 13.6. The van der Waals surface area contributed by atoms with Crippen LogP contribution in [0.3, 0.4) is 0 Å². The molecule has 5 heteroatoms. The summed E-state index contributed by atoms with van der Waals surface area (Å²) in [6.07, 6.45) is 13.6. The van der Waals surface area contributed by atoms with Crippen LogP contribution < -0.4 is 0 Å². The van der Waals surface area contributed by atoms with Crippen molar-refractivity contribution in [1.29, 1.82) is 0 Å². The second-order valence-electron chi connectivity index (χ2n) is 9.87. The Morgan fingerprint density at radius 3 is 2.17 bits per heavy atom. The number of nitrogens with zero attached hydrogens (tertiary/aromatic N) is 1. The molecule has 0 radical (unpaired) electrons. The summed E-state index contributed by atoms with van der Waals surface area (Å²) < 4.78 is 10.9. The maximum atomic E-state index is 13.0. The molecule has 1 saturated heterocycles. The quantitative estimate of drug-likeness (QED) is 0.191. The molecule has 2 aromatic carbocycles. The first kappa shape index (κ1) is 27.0. The molecule has 5 nitrogen and oxygen atoms in total. The van der Waals surface area contributed by atoms with Crippen LogP contribution in [0.2, 0.25) is 0 Å². The van der Waals surface area contributed by atoms with Gasteiger partial charge >= 0.3 is 12.1 Å². The van der Waals surface area contributed by atoms with E-state index in [0.717, 1.165) is 29.2 Å². The van der Waals surface area contributed by atoms with E-state index in [0.29, 0.717) is 6.42 Å². The standard InChI is InChI=1S/C30H43NO4/c1-4-5-6-7-8-9-10-11-12-13-14-22-27-28(29(32)34-3)31(30(33)35-27)23(2)25-21-17-19-24-18-15-16-20-26(24)25/h15-21,23,27-28H,4-14,22H2,1-3H3. The Bertz CT molecular complexity index is 938. The SMILES string of the molecule is CCCCCCCCCCCCCC1OC(=O)N(C(C)c2cccc3ccccc23)C1C(=O)OC. The van der Waals surface area contributed by atoms with Gasteiger partial charge in [-0.1, -0.05) is 114 Å². The van der Waals surface area contributed by atoms with Crippen molar-refractivity contribution in [2.45, 2.75) is 109 Å². The van der Waals surface area contributed by atoms with Gasteiger partial charge in [0.2, 0.25) is 0 Å². The van der Waals surface area contributed by atoms with Gasteiger partial charge in [-0.2, -0.15) is 0 Å². The van der Waals surface area contributed by atoms with Crippen molar-refractivity contribution in [3.8, 4) is 0 Å². The number of benzene rings is 2. The number of hydrogen-bond acceptors (Lipinski definition) is 4.